The molecule has 8 heteroatoms. The summed E-state index contributed by atoms with van der Waals surface area (Å²) in [7, 11) is 0. The van der Waals surface area contributed by atoms with Crippen molar-refractivity contribution in [2.24, 2.45) is 37.2 Å². The lowest BCUT2D eigenvalue weighted by atomic mass is 9.58. The van der Waals surface area contributed by atoms with Gasteiger partial charge in [0, 0.05) is 0 Å². The van der Waals surface area contributed by atoms with Gasteiger partial charge in [0.2, 0.25) is 24.3 Å². The van der Waals surface area contributed by atoms with E-state index in [4.69, 9.17) is 0 Å². The summed E-state index contributed by atoms with van der Waals surface area (Å²) in [5, 5.41) is 0. The van der Waals surface area contributed by atoms with Gasteiger partial charge in [-0.15, -0.1) is 0 Å². The summed E-state index contributed by atoms with van der Waals surface area (Å²) in [4.78, 5) is 58.0. The second-order valence-corrected chi connectivity index (χ2v) is 7.93. The van der Waals surface area contributed by atoms with Crippen LogP contribution in [0, 0.1) is 17.3 Å². The van der Waals surface area contributed by atoms with Crippen molar-refractivity contribution < 1.29 is 19.2 Å². The van der Waals surface area contributed by atoms with E-state index in [0.29, 0.717) is 37.5 Å². The van der Waals surface area contributed by atoms with Gasteiger partial charge < -0.3 is 0 Å². The molecule has 0 aromatic heterocycles. The Bertz CT molecular complexity index is 690. The fourth-order valence-electron chi connectivity index (χ4n) is 4.91. The number of carbonyl (C=O) groups excluding carboxylic acids is 4. The van der Waals surface area contributed by atoms with Crippen LogP contribution in [0.25, 0.3) is 0 Å². The summed E-state index contributed by atoms with van der Waals surface area (Å²) >= 11 is 0. The van der Waals surface area contributed by atoms with Crippen molar-refractivity contribution in [3.05, 3.63) is 0 Å². The van der Waals surface area contributed by atoms with Crippen molar-refractivity contribution in [3.63, 3.8) is 0 Å². The van der Waals surface area contributed by atoms with Crippen molar-refractivity contribution in [2.75, 3.05) is 0 Å². The topological polar surface area (TPSA) is 118 Å². The van der Waals surface area contributed by atoms with E-state index in [9.17, 15) is 19.2 Å². The number of nitrogens with zero attached hydrogens (tertiary/aromatic N) is 4. The molecule has 2 aliphatic carbocycles. The first-order chi connectivity index (χ1) is 12.4. The van der Waals surface area contributed by atoms with Gasteiger partial charge in [0.25, 0.3) is 0 Å². The molecule has 0 N–H and O–H groups in total. The summed E-state index contributed by atoms with van der Waals surface area (Å²) in [6.45, 7) is 4.17. The van der Waals surface area contributed by atoms with Gasteiger partial charge in [-0.2, -0.15) is 20.0 Å². The molecule has 138 valence electrons. The van der Waals surface area contributed by atoms with Gasteiger partial charge in [0.05, 0.1) is 0 Å². The average molecular weight is 358 g/mol. The molecule has 26 heavy (non-hydrogen) atoms. The lowest BCUT2D eigenvalue weighted by Gasteiger charge is -2.49. The zero-order valence-electron chi connectivity index (χ0n) is 15.0. The molecule has 2 aliphatic rings. The molecule has 0 bridgehead atoms. The van der Waals surface area contributed by atoms with Crippen molar-refractivity contribution in [3.8, 4) is 0 Å². The Morgan fingerprint density at radius 3 is 1.54 bits per heavy atom. The van der Waals surface area contributed by atoms with Gasteiger partial charge in [-0.25, -0.2) is 19.2 Å². The van der Waals surface area contributed by atoms with Gasteiger partial charge in [-0.05, 0) is 62.2 Å². The van der Waals surface area contributed by atoms with Gasteiger partial charge in [-0.1, -0.05) is 13.8 Å². The summed E-state index contributed by atoms with van der Waals surface area (Å²) in [6, 6.07) is 0. The number of isocyanates is 4. The van der Waals surface area contributed by atoms with Gasteiger partial charge in [-0.3, -0.25) is 0 Å². The maximum Gasteiger partial charge on any atom is 0.237 e. The average Bonchev–Trinajstić information content (AvgIpc) is 2.56. The highest BCUT2D eigenvalue weighted by Gasteiger charge is 2.49. The number of hydrogen-bond donors (Lipinski definition) is 0. The maximum atomic E-state index is 10.8. The molecule has 0 amide bonds. The minimum absolute atomic E-state index is 0.203. The van der Waals surface area contributed by atoms with E-state index in [1.807, 2.05) is 0 Å². The zero-order valence-corrected chi connectivity index (χ0v) is 15.0. The predicted octanol–water partition coefficient (Wildman–Crippen LogP) is 2.74. The van der Waals surface area contributed by atoms with Crippen LogP contribution in [0.3, 0.4) is 0 Å². The molecule has 0 aromatic carbocycles. The number of aliphatic imine (C=N–C) groups is 4. The molecular weight excluding hydrogens is 336 g/mol. The Morgan fingerprint density at radius 2 is 1.12 bits per heavy atom. The number of hydrogen-bond acceptors (Lipinski definition) is 8. The molecule has 0 heterocycles. The van der Waals surface area contributed by atoms with E-state index in [0.717, 1.165) is 19.3 Å². The summed E-state index contributed by atoms with van der Waals surface area (Å²) in [5.74, 6) is 0.693. The van der Waals surface area contributed by atoms with Crippen LogP contribution in [-0.4, -0.2) is 35.6 Å². The monoisotopic (exact) mass is 358 g/mol. The normalized spacial score (nSPS) is 35.6. The summed E-state index contributed by atoms with van der Waals surface area (Å²) < 4.78 is 0. The van der Waals surface area contributed by atoms with Gasteiger partial charge >= 0.3 is 0 Å². The minimum Gasteiger partial charge on any atom is -0.211 e. The van der Waals surface area contributed by atoms with Crippen LogP contribution in [-0.2, 0) is 19.2 Å². The quantitative estimate of drug-likeness (QED) is 0.554. The van der Waals surface area contributed by atoms with Crippen LogP contribution in [0.5, 0.6) is 0 Å². The van der Waals surface area contributed by atoms with Crippen LogP contribution < -0.4 is 0 Å². The molecule has 8 nitrogen and oxygen atoms in total. The molecular formula is C18H22N4O4. The van der Waals surface area contributed by atoms with Crippen molar-refractivity contribution in [1.82, 2.24) is 0 Å². The second-order valence-electron chi connectivity index (χ2n) is 7.93. The Labute approximate surface area is 151 Å². The van der Waals surface area contributed by atoms with E-state index in [-0.39, 0.29) is 5.41 Å². The van der Waals surface area contributed by atoms with E-state index in [1.54, 1.807) is 0 Å². The lowest BCUT2D eigenvalue weighted by Crippen LogP contribution is -2.45. The molecule has 0 radical (unpaired) electrons. The molecule has 2 rings (SSSR count). The second kappa shape index (κ2) is 7.82. The van der Waals surface area contributed by atoms with Crippen molar-refractivity contribution in [1.29, 1.82) is 0 Å². The maximum absolute atomic E-state index is 10.8. The first-order valence-electron chi connectivity index (χ1n) is 8.72. The van der Waals surface area contributed by atoms with Crippen molar-refractivity contribution >= 4 is 24.3 Å². The molecule has 2 saturated carbocycles. The Kier molecular flexibility index (Phi) is 5.97. The lowest BCUT2D eigenvalue weighted by molar-refractivity contribution is 0.0182. The highest BCUT2D eigenvalue weighted by molar-refractivity contribution is 5.40. The minimum atomic E-state index is -1.06. The van der Waals surface area contributed by atoms with Gasteiger partial charge in [0.1, 0.15) is 0 Å². The smallest absolute Gasteiger partial charge is 0.211 e. The molecule has 2 fully saturated rings. The van der Waals surface area contributed by atoms with E-state index in [2.05, 4.69) is 33.8 Å². The molecule has 0 aliphatic heterocycles. The molecule has 1 atom stereocenters. The van der Waals surface area contributed by atoms with Crippen LogP contribution in [0.4, 0.5) is 0 Å². The van der Waals surface area contributed by atoms with Crippen molar-refractivity contribution in [2.45, 2.75) is 70.1 Å². The fraction of sp³-hybridized carbons (Fsp3) is 0.778. The van der Waals surface area contributed by atoms with E-state index in [1.165, 1.54) is 24.3 Å². The van der Waals surface area contributed by atoms with Crippen LogP contribution in [0.1, 0.15) is 58.8 Å². The third-order valence-electron chi connectivity index (χ3n) is 6.01. The van der Waals surface area contributed by atoms with Crippen LogP contribution >= 0.6 is 0 Å². The third kappa shape index (κ3) is 4.01. The fourth-order valence-corrected chi connectivity index (χ4v) is 4.91. The Hall–Kier alpha value is -2.48. The van der Waals surface area contributed by atoms with Gasteiger partial charge in [0.15, 0.2) is 11.3 Å². The molecule has 0 aromatic rings. The SMILES string of the molecule is CC1(C)CC(N=C=O)(N=C=O)CCC1C1CCC(N=C=O)(N=C=O)CC1. The standard InChI is InChI=1S/C18H22N4O4/c1-16(2)9-18(21-12-25,22-13-26)8-5-15(16)14-3-6-17(7-4-14,19-10-23)20-11-24/h14-15H,3-9H2,1-2H3. The highest BCUT2D eigenvalue weighted by Crippen LogP contribution is 2.53. The van der Waals surface area contributed by atoms with E-state index < -0.39 is 11.3 Å². The third-order valence-corrected chi connectivity index (χ3v) is 6.01. The Morgan fingerprint density at radius 1 is 0.692 bits per heavy atom. The summed E-state index contributed by atoms with van der Waals surface area (Å²) in [5.41, 5.74) is -2.29. The van der Waals surface area contributed by atoms with Crippen LogP contribution in [0.15, 0.2) is 20.0 Å². The number of rotatable bonds is 5. The predicted molar refractivity (Wildman–Crippen MR) is 91.0 cm³/mol. The first-order valence-corrected chi connectivity index (χ1v) is 8.72. The highest BCUT2D eigenvalue weighted by atomic mass is 16.1. The molecule has 1 unspecified atom stereocenters. The van der Waals surface area contributed by atoms with Crippen LogP contribution in [0.2, 0.25) is 0 Å². The van der Waals surface area contributed by atoms with E-state index >= 15 is 0 Å². The zero-order chi connectivity index (χ0) is 19.3. The molecule has 0 saturated heterocycles. The first kappa shape index (κ1) is 19.8. The largest absolute Gasteiger partial charge is 0.237 e. The Balaban J connectivity index is 2.17. The molecule has 0 spiro atoms. The summed E-state index contributed by atoms with van der Waals surface area (Å²) in [6.07, 6.45) is 10.4.